The van der Waals surface area contributed by atoms with Gasteiger partial charge >= 0.3 is 37.1 Å². The molecule has 2 heterocycles. The first-order valence-electron chi connectivity index (χ1n) is 17.4. The van der Waals surface area contributed by atoms with Crippen LogP contribution in [0.25, 0.3) is 66.1 Å². The fourth-order valence-corrected chi connectivity index (χ4v) is 7.54. The van der Waals surface area contributed by atoms with E-state index in [2.05, 4.69) is 0 Å². The molecule has 62 heavy (non-hydrogen) atoms. The molecule has 0 saturated heterocycles. The van der Waals surface area contributed by atoms with E-state index in [0.29, 0.717) is 89.5 Å². The minimum absolute atomic E-state index is 0.338. The number of hydrogen-bond donors (Lipinski definition) is 0. The lowest BCUT2D eigenvalue weighted by Crippen LogP contribution is -2.14. The molecule has 0 unspecified atom stereocenters. The van der Waals surface area contributed by atoms with Crippen LogP contribution in [0.1, 0.15) is 33.4 Å². The zero-order valence-corrected chi connectivity index (χ0v) is 30.1. The lowest BCUT2D eigenvalue weighted by atomic mass is 9.97. The Hall–Kier alpha value is -6.34. The highest BCUT2D eigenvalue weighted by molar-refractivity contribution is 6.12. The maximum Gasteiger partial charge on any atom is 0.418 e. The molecule has 0 N–H and O–H groups in total. The molecule has 0 fully saturated rings. The molecule has 0 aliphatic rings. The van der Waals surface area contributed by atoms with Crippen LogP contribution in [0.5, 0.6) is 0 Å². The first-order chi connectivity index (χ1) is 28.5. The van der Waals surface area contributed by atoms with Gasteiger partial charge in [0.05, 0.1) is 66.8 Å². The van der Waals surface area contributed by atoms with Crippen LogP contribution in [0.3, 0.4) is 0 Å². The zero-order chi connectivity index (χ0) is 45.3. The zero-order valence-electron chi connectivity index (χ0n) is 30.1. The van der Waals surface area contributed by atoms with Crippen molar-refractivity contribution >= 4 is 43.6 Å². The second-order valence-corrected chi connectivity index (χ2v) is 14.1. The van der Waals surface area contributed by atoms with Gasteiger partial charge in [0, 0.05) is 27.1 Å². The molecule has 2 aromatic heterocycles. The first-order valence-corrected chi connectivity index (χ1v) is 17.4. The highest BCUT2D eigenvalue weighted by Gasteiger charge is 2.40. The van der Waals surface area contributed by atoms with E-state index in [1.165, 1.54) is 0 Å². The standard InChI is InChI=1S/C42H18F18N2/c43-37(44,45)20-3-1-2-19(12-20)25-17-36(62-33-10-6-23(40(52,53)54)15-28(33)29-16-24(41(55,56)57)7-11-34(29)62)30(42(58,59)60)18-35(25)61-31-8-4-21(38(46,47)48)13-26(31)27-14-22(39(49,50)51)5-9-32(27)61/h1-18H. The van der Waals surface area contributed by atoms with Gasteiger partial charge in [-0.2, -0.15) is 79.0 Å². The third kappa shape index (κ3) is 7.21. The second kappa shape index (κ2) is 13.6. The summed E-state index contributed by atoms with van der Waals surface area (Å²) in [5, 5.41) is -2.34. The summed E-state index contributed by atoms with van der Waals surface area (Å²) in [4.78, 5) is 0. The van der Waals surface area contributed by atoms with Gasteiger partial charge in [0.2, 0.25) is 0 Å². The Balaban J connectivity index is 1.56. The Kier molecular flexibility index (Phi) is 9.28. The van der Waals surface area contributed by atoms with Gasteiger partial charge < -0.3 is 9.13 Å². The quantitative estimate of drug-likeness (QED) is 0.156. The third-order valence-electron chi connectivity index (χ3n) is 10.2. The third-order valence-corrected chi connectivity index (χ3v) is 10.2. The monoisotopic (exact) mass is 892 g/mol. The second-order valence-electron chi connectivity index (χ2n) is 14.1. The lowest BCUT2D eigenvalue weighted by Gasteiger charge is -2.22. The van der Waals surface area contributed by atoms with Crippen molar-refractivity contribution in [3.63, 3.8) is 0 Å². The predicted octanol–water partition coefficient (Wildman–Crippen LogP) is 15.7. The van der Waals surface area contributed by atoms with Gasteiger partial charge in [-0.25, -0.2) is 0 Å². The van der Waals surface area contributed by atoms with Gasteiger partial charge in [0.25, 0.3) is 0 Å². The van der Waals surface area contributed by atoms with Crippen molar-refractivity contribution in [3.05, 3.63) is 143 Å². The van der Waals surface area contributed by atoms with E-state index in [4.69, 9.17) is 0 Å². The Labute approximate surface area is 333 Å². The van der Waals surface area contributed by atoms with E-state index in [1.807, 2.05) is 0 Å². The molecule has 0 amide bonds. The van der Waals surface area contributed by atoms with Crippen LogP contribution in [-0.4, -0.2) is 9.13 Å². The maximum absolute atomic E-state index is 15.5. The molecule has 20 heteroatoms. The molecular weight excluding hydrogens is 874 g/mol. The Morgan fingerprint density at radius 1 is 0.290 bits per heavy atom. The summed E-state index contributed by atoms with van der Waals surface area (Å²) in [6.45, 7) is 0. The number of benzene rings is 6. The molecule has 2 nitrogen and oxygen atoms in total. The van der Waals surface area contributed by atoms with E-state index in [9.17, 15) is 65.9 Å². The van der Waals surface area contributed by atoms with E-state index in [0.717, 1.165) is 28.8 Å². The lowest BCUT2D eigenvalue weighted by molar-refractivity contribution is -0.138. The highest BCUT2D eigenvalue weighted by atomic mass is 19.4. The topological polar surface area (TPSA) is 9.86 Å². The van der Waals surface area contributed by atoms with Crippen molar-refractivity contribution in [2.45, 2.75) is 37.1 Å². The minimum Gasteiger partial charge on any atom is -0.309 e. The molecule has 6 aromatic carbocycles. The highest BCUT2D eigenvalue weighted by Crippen LogP contribution is 2.48. The fourth-order valence-electron chi connectivity index (χ4n) is 7.54. The van der Waals surface area contributed by atoms with Crippen LogP contribution in [0, 0.1) is 0 Å². The summed E-state index contributed by atoms with van der Waals surface area (Å²) in [7, 11) is 0. The predicted molar refractivity (Wildman–Crippen MR) is 191 cm³/mol. The van der Waals surface area contributed by atoms with Crippen molar-refractivity contribution < 1.29 is 79.0 Å². The maximum atomic E-state index is 15.5. The number of nitrogens with zero attached hydrogens (tertiary/aromatic N) is 2. The normalized spacial score (nSPS) is 13.6. The Morgan fingerprint density at radius 3 is 0.935 bits per heavy atom. The summed E-state index contributed by atoms with van der Waals surface area (Å²) < 4.78 is 258. The van der Waals surface area contributed by atoms with Crippen molar-refractivity contribution in [1.29, 1.82) is 0 Å². The molecule has 0 atom stereocenters. The van der Waals surface area contributed by atoms with Gasteiger partial charge in [-0.3, -0.25) is 0 Å². The van der Waals surface area contributed by atoms with E-state index in [1.54, 1.807) is 0 Å². The van der Waals surface area contributed by atoms with Crippen molar-refractivity contribution in [2.75, 3.05) is 0 Å². The molecule has 8 aromatic rings. The van der Waals surface area contributed by atoms with Gasteiger partial charge in [-0.1, -0.05) is 12.1 Å². The largest absolute Gasteiger partial charge is 0.418 e. The van der Waals surface area contributed by atoms with Crippen molar-refractivity contribution in [3.8, 4) is 22.5 Å². The molecule has 322 valence electrons. The van der Waals surface area contributed by atoms with E-state index >= 15 is 13.2 Å². The van der Waals surface area contributed by atoms with Crippen LogP contribution >= 0.6 is 0 Å². The molecule has 0 bridgehead atoms. The Bertz CT molecular complexity index is 2950. The molecule has 8 rings (SSSR count). The number of hydrogen-bond acceptors (Lipinski definition) is 0. The molecule has 0 saturated carbocycles. The van der Waals surface area contributed by atoms with Crippen LogP contribution < -0.4 is 0 Å². The number of alkyl halides is 18. The SMILES string of the molecule is FC(F)(F)c1cccc(-c2cc(-n3c4ccc(C(F)(F)F)cc4c4cc(C(F)(F)F)ccc43)c(C(F)(F)F)cc2-n2c3ccc(C(F)(F)F)cc3c3cc(C(F)(F)F)ccc32)c1. The summed E-state index contributed by atoms with van der Waals surface area (Å²) >= 11 is 0. The smallest absolute Gasteiger partial charge is 0.309 e. The molecule has 0 radical (unpaired) electrons. The van der Waals surface area contributed by atoms with Crippen LogP contribution in [0.15, 0.2) is 109 Å². The minimum atomic E-state index is -5.52. The van der Waals surface area contributed by atoms with Gasteiger partial charge in [0.1, 0.15) is 0 Å². The molecule has 0 aliphatic carbocycles. The number of fused-ring (bicyclic) bond motifs is 6. The van der Waals surface area contributed by atoms with Crippen LogP contribution in [0.2, 0.25) is 0 Å². The Morgan fingerprint density at radius 2 is 0.613 bits per heavy atom. The average Bonchev–Trinajstić information content (AvgIpc) is 3.66. The van der Waals surface area contributed by atoms with Crippen molar-refractivity contribution in [1.82, 2.24) is 9.13 Å². The first kappa shape index (κ1) is 42.4. The van der Waals surface area contributed by atoms with Crippen LogP contribution in [0.4, 0.5) is 79.0 Å². The number of aromatic nitrogens is 2. The van der Waals surface area contributed by atoms with Gasteiger partial charge in [0.15, 0.2) is 0 Å². The fraction of sp³-hybridized carbons (Fsp3) is 0.143. The average molecular weight is 893 g/mol. The number of rotatable bonds is 3. The van der Waals surface area contributed by atoms with E-state index in [-0.39, 0.29) is 0 Å². The molecule has 0 aliphatic heterocycles. The van der Waals surface area contributed by atoms with Crippen molar-refractivity contribution in [2.24, 2.45) is 0 Å². The summed E-state index contributed by atoms with van der Waals surface area (Å²) in [5.74, 6) is 0. The molecular formula is C42H18F18N2. The van der Waals surface area contributed by atoms with Gasteiger partial charge in [-0.05, 0) is 103 Å². The summed E-state index contributed by atoms with van der Waals surface area (Å²) in [6.07, 6.45) is -31.0. The van der Waals surface area contributed by atoms with Crippen LogP contribution in [-0.2, 0) is 37.1 Å². The van der Waals surface area contributed by atoms with E-state index < -0.39 is 137 Å². The van der Waals surface area contributed by atoms with Gasteiger partial charge in [-0.15, -0.1) is 0 Å². The summed E-state index contributed by atoms with van der Waals surface area (Å²) in [5.41, 5.74) is -13.4. The summed E-state index contributed by atoms with van der Waals surface area (Å²) in [6, 6.07) is 10.3. The molecule has 0 spiro atoms. The number of halogens is 18.